The lowest BCUT2D eigenvalue weighted by molar-refractivity contribution is 0.386. The Hall–Kier alpha value is -2.37. The van der Waals surface area contributed by atoms with Gasteiger partial charge in [0.15, 0.2) is 11.6 Å². The van der Waals surface area contributed by atoms with E-state index in [1.165, 1.54) is 13.2 Å². The average Bonchev–Trinajstić information content (AvgIpc) is 2.45. The third kappa shape index (κ3) is 3.39. The molecule has 0 radical (unpaired) electrons. The molecule has 0 atom stereocenters. The minimum Gasteiger partial charge on any atom is -0.494 e. The van der Waals surface area contributed by atoms with Gasteiger partial charge in [0, 0.05) is 23.7 Å². The minimum atomic E-state index is -0.434. The number of benzene rings is 1. The van der Waals surface area contributed by atoms with Gasteiger partial charge in [-0.15, -0.1) is 0 Å². The highest BCUT2D eigenvalue weighted by atomic mass is 19.1. The van der Waals surface area contributed by atoms with Crippen molar-refractivity contribution in [1.82, 2.24) is 9.97 Å². The Bertz CT molecular complexity index is 646. The molecule has 0 saturated heterocycles. The van der Waals surface area contributed by atoms with E-state index >= 15 is 0 Å². The van der Waals surface area contributed by atoms with Crippen LogP contribution in [0.2, 0.25) is 0 Å². The first-order valence-corrected chi connectivity index (χ1v) is 6.78. The Labute approximate surface area is 123 Å². The van der Waals surface area contributed by atoms with E-state index in [0.717, 1.165) is 18.4 Å². The number of methoxy groups -OCH3 is 1. The summed E-state index contributed by atoms with van der Waals surface area (Å²) < 4.78 is 18.6. The summed E-state index contributed by atoms with van der Waals surface area (Å²) in [5, 5.41) is 3.08. The number of nitrogens with zero attached hydrogens (tertiary/aromatic N) is 2. The fraction of sp³-hybridized carbons (Fsp3) is 0.333. The lowest BCUT2D eigenvalue weighted by Gasteiger charge is -2.12. The maximum atomic E-state index is 13.7. The molecule has 0 fully saturated rings. The Morgan fingerprint density at radius 3 is 2.71 bits per heavy atom. The third-order valence-corrected chi connectivity index (χ3v) is 3.12. The fourth-order valence-corrected chi connectivity index (χ4v) is 1.92. The van der Waals surface area contributed by atoms with E-state index < -0.39 is 5.82 Å². The first-order valence-electron chi connectivity index (χ1n) is 6.78. The second-order valence-electron chi connectivity index (χ2n) is 4.72. The molecule has 1 aromatic carbocycles. The number of aromatic nitrogens is 2. The number of halogens is 1. The number of rotatable bonds is 5. The summed E-state index contributed by atoms with van der Waals surface area (Å²) in [6.45, 7) is 3.87. The molecule has 6 heteroatoms. The molecule has 0 unspecified atom stereocenters. The monoisotopic (exact) mass is 290 g/mol. The van der Waals surface area contributed by atoms with Gasteiger partial charge in [0.2, 0.25) is 0 Å². The molecule has 112 valence electrons. The molecule has 0 aliphatic carbocycles. The van der Waals surface area contributed by atoms with Gasteiger partial charge in [-0.2, -0.15) is 0 Å². The predicted octanol–water partition coefficient (Wildman–Crippen LogP) is 3.21. The van der Waals surface area contributed by atoms with Gasteiger partial charge in [-0.25, -0.2) is 14.4 Å². The van der Waals surface area contributed by atoms with Crippen LogP contribution in [0, 0.1) is 12.7 Å². The van der Waals surface area contributed by atoms with Crippen LogP contribution in [0.25, 0.3) is 0 Å². The van der Waals surface area contributed by atoms with Crippen LogP contribution in [-0.4, -0.2) is 17.1 Å². The summed E-state index contributed by atoms with van der Waals surface area (Å²) in [6, 6.07) is 4.64. The molecular formula is C15H19FN4O. The molecular weight excluding hydrogens is 271 g/mol. The minimum absolute atomic E-state index is 0.200. The van der Waals surface area contributed by atoms with E-state index in [0.29, 0.717) is 23.1 Å². The number of aryl methyl sites for hydroxylation is 1. The molecule has 0 spiro atoms. The van der Waals surface area contributed by atoms with E-state index in [-0.39, 0.29) is 5.75 Å². The van der Waals surface area contributed by atoms with E-state index in [2.05, 4.69) is 15.3 Å². The number of nitrogens with two attached hydrogens (primary N) is 1. The summed E-state index contributed by atoms with van der Waals surface area (Å²) in [7, 11) is 1.43. The highest BCUT2D eigenvalue weighted by molar-refractivity contribution is 5.64. The molecule has 0 saturated carbocycles. The van der Waals surface area contributed by atoms with Crippen LogP contribution in [0.1, 0.15) is 24.7 Å². The van der Waals surface area contributed by atoms with Crippen LogP contribution in [0.4, 0.5) is 21.7 Å². The molecule has 0 bridgehead atoms. The van der Waals surface area contributed by atoms with Crippen LogP contribution < -0.4 is 15.8 Å². The van der Waals surface area contributed by atoms with Gasteiger partial charge in [0.05, 0.1) is 7.11 Å². The van der Waals surface area contributed by atoms with Crippen LogP contribution in [0.15, 0.2) is 18.2 Å². The molecule has 5 nitrogen and oxygen atoms in total. The normalized spacial score (nSPS) is 10.5. The van der Waals surface area contributed by atoms with Crippen molar-refractivity contribution in [3.05, 3.63) is 35.4 Å². The standard InChI is InChI=1S/C15H19FN4O/c1-4-5-13-19-14(17)9(2)15(20-13)18-10-6-7-12(21-3)11(16)8-10/h6-8H,4-5H2,1-3H3,(H3,17,18,19,20). The fourth-order valence-electron chi connectivity index (χ4n) is 1.92. The zero-order valence-corrected chi connectivity index (χ0v) is 12.4. The van der Waals surface area contributed by atoms with Crippen LogP contribution in [0.3, 0.4) is 0 Å². The molecule has 0 amide bonds. The second kappa shape index (κ2) is 6.39. The molecule has 1 heterocycles. The number of ether oxygens (including phenoxy) is 1. The molecule has 1 aromatic heterocycles. The number of nitrogens with one attached hydrogen (secondary N) is 1. The quantitative estimate of drug-likeness (QED) is 0.884. The summed E-state index contributed by atoms with van der Waals surface area (Å²) in [4.78, 5) is 8.68. The van der Waals surface area contributed by atoms with Crippen molar-refractivity contribution >= 4 is 17.3 Å². The summed E-state index contributed by atoms with van der Waals surface area (Å²) >= 11 is 0. The smallest absolute Gasteiger partial charge is 0.167 e. The highest BCUT2D eigenvalue weighted by Crippen LogP contribution is 2.25. The predicted molar refractivity (Wildman–Crippen MR) is 81.4 cm³/mol. The number of anilines is 3. The Balaban J connectivity index is 2.32. The van der Waals surface area contributed by atoms with Gasteiger partial charge in [0.1, 0.15) is 17.5 Å². The van der Waals surface area contributed by atoms with Crippen molar-refractivity contribution in [1.29, 1.82) is 0 Å². The third-order valence-electron chi connectivity index (χ3n) is 3.12. The van der Waals surface area contributed by atoms with Crippen molar-refractivity contribution in [2.75, 3.05) is 18.2 Å². The van der Waals surface area contributed by atoms with Gasteiger partial charge in [0.25, 0.3) is 0 Å². The molecule has 2 rings (SSSR count). The van der Waals surface area contributed by atoms with E-state index in [9.17, 15) is 4.39 Å². The number of nitrogen functional groups attached to an aromatic ring is 1. The van der Waals surface area contributed by atoms with E-state index in [4.69, 9.17) is 10.5 Å². The lowest BCUT2D eigenvalue weighted by atomic mass is 10.2. The van der Waals surface area contributed by atoms with Crippen molar-refractivity contribution in [3.63, 3.8) is 0 Å². The van der Waals surface area contributed by atoms with E-state index in [1.54, 1.807) is 12.1 Å². The summed E-state index contributed by atoms with van der Waals surface area (Å²) in [5.74, 6) is 1.47. The van der Waals surface area contributed by atoms with Gasteiger partial charge in [-0.3, -0.25) is 0 Å². The van der Waals surface area contributed by atoms with E-state index in [1.807, 2.05) is 13.8 Å². The summed E-state index contributed by atoms with van der Waals surface area (Å²) in [5.41, 5.74) is 7.22. The van der Waals surface area contributed by atoms with Crippen molar-refractivity contribution in [3.8, 4) is 5.75 Å². The van der Waals surface area contributed by atoms with Crippen molar-refractivity contribution in [2.24, 2.45) is 0 Å². The zero-order valence-electron chi connectivity index (χ0n) is 12.4. The maximum absolute atomic E-state index is 13.7. The molecule has 0 aliphatic heterocycles. The first-order chi connectivity index (χ1) is 10.0. The van der Waals surface area contributed by atoms with Crippen LogP contribution in [0.5, 0.6) is 5.75 Å². The maximum Gasteiger partial charge on any atom is 0.167 e. The lowest BCUT2D eigenvalue weighted by Crippen LogP contribution is -2.07. The van der Waals surface area contributed by atoms with Crippen LogP contribution in [-0.2, 0) is 6.42 Å². The topological polar surface area (TPSA) is 73.1 Å². The van der Waals surface area contributed by atoms with Gasteiger partial charge >= 0.3 is 0 Å². The number of hydrogen-bond acceptors (Lipinski definition) is 5. The van der Waals surface area contributed by atoms with Gasteiger partial charge < -0.3 is 15.8 Å². The Morgan fingerprint density at radius 1 is 1.33 bits per heavy atom. The van der Waals surface area contributed by atoms with Crippen LogP contribution >= 0.6 is 0 Å². The number of hydrogen-bond donors (Lipinski definition) is 2. The Morgan fingerprint density at radius 2 is 2.10 bits per heavy atom. The molecule has 21 heavy (non-hydrogen) atoms. The first kappa shape index (κ1) is 15.0. The molecule has 3 N–H and O–H groups in total. The summed E-state index contributed by atoms with van der Waals surface area (Å²) in [6.07, 6.45) is 1.68. The largest absolute Gasteiger partial charge is 0.494 e. The Kier molecular flexibility index (Phi) is 4.57. The average molecular weight is 290 g/mol. The molecule has 2 aromatic rings. The second-order valence-corrected chi connectivity index (χ2v) is 4.72. The van der Waals surface area contributed by atoms with Crippen molar-refractivity contribution < 1.29 is 9.13 Å². The van der Waals surface area contributed by atoms with Gasteiger partial charge in [-0.05, 0) is 25.5 Å². The zero-order chi connectivity index (χ0) is 15.4. The van der Waals surface area contributed by atoms with Crippen molar-refractivity contribution in [2.45, 2.75) is 26.7 Å². The molecule has 0 aliphatic rings. The highest BCUT2D eigenvalue weighted by Gasteiger charge is 2.10. The van der Waals surface area contributed by atoms with Gasteiger partial charge in [-0.1, -0.05) is 6.92 Å². The SMILES string of the molecule is CCCc1nc(N)c(C)c(Nc2ccc(OC)c(F)c2)n1.